The summed E-state index contributed by atoms with van der Waals surface area (Å²) in [6.45, 7) is 3.15. The van der Waals surface area contributed by atoms with Crippen LogP contribution in [-0.2, 0) is 4.79 Å². The maximum absolute atomic E-state index is 11.2. The van der Waals surface area contributed by atoms with Crippen LogP contribution in [0.5, 0.6) is 0 Å². The van der Waals surface area contributed by atoms with Crippen LogP contribution in [0.25, 0.3) is 0 Å². The maximum Gasteiger partial charge on any atom is 0.310 e. The van der Waals surface area contributed by atoms with E-state index in [-0.39, 0.29) is 5.41 Å². The molecule has 1 N–H and O–H groups in total. The van der Waals surface area contributed by atoms with E-state index in [0.29, 0.717) is 5.41 Å². The molecule has 3 heteroatoms. The largest absolute Gasteiger partial charge is 0.481 e. The van der Waals surface area contributed by atoms with E-state index in [1.165, 1.54) is 51.6 Å². The van der Waals surface area contributed by atoms with E-state index in [1.54, 1.807) is 0 Å². The van der Waals surface area contributed by atoms with Crippen molar-refractivity contribution < 1.29 is 9.90 Å². The van der Waals surface area contributed by atoms with Gasteiger partial charge in [0, 0.05) is 19.6 Å². The molecule has 0 atom stereocenters. The third-order valence-electron chi connectivity index (χ3n) is 5.12. The quantitative estimate of drug-likeness (QED) is 0.820. The Morgan fingerprint density at radius 1 is 1.00 bits per heavy atom. The SMILES string of the molecule is O=C(O)C1(CN2CC3(CCCCCC3)C2)CC1. The van der Waals surface area contributed by atoms with Crippen LogP contribution in [0.15, 0.2) is 0 Å². The van der Waals surface area contributed by atoms with Gasteiger partial charge in [-0.1, -0.05) is 25.7 Å². The monoisotopic (exact) mass is 237 g/mol. The Hall–Kier alpha value is -0.570. The standard InChI is InChI=1S/C14H23NO2/c16-12(17)14(7-8-14)11-15-9-13(10-15)5-3-1-2-4-6-13/h1-11H2,(H,16,17). The van der Waals surface area contributed by atoms with Crippen LogP contribution in [0.2, 0.25) is 0 Å². The van der Waals surface area contributed by atoms with Crippen molar-refractivity contribution >= 4 is 5.97 Å². The summed E-state index contributed by atoms with van der Waals surface area (Å²) in [7, 11) is 0. The molecule has 1 saturated heterocycles. The molecule has 0 amide bonds. The van der Waals surface area contributed by atoms with Crippen molar-refractivity contribution in [3.8, 4) is 0 Å². The summed E-state index contributed by atoms with van der Waals surface area (Å²) in [5.41, 5.74) is 0.220. The Morgan fingerprint density at radius 3 is 2.06 bits per heavy atom. The fraction of sp³-hybridized carbons (Fsp3) is 0.929. The van der Waals surface area contributed by atoms with Gasteiger partial charge in [0.2, 0.25) is 0 Å². The predicted molar refractivity (Wildman–Crippen MR) is 65.9 cm³/mol. The van der Waals surface area contributed by atoms with Crippen molar-refractivity contribution in [2.75, 3.05) is 19.6 Å². The number of hydrogen-bond donors (Lipinski definition) is 1. The van der Waals surface area contributed by atoms with Gasteiger partial charge in [-0.15, -0.1) is 0 Å². The molecule has 0 aromatic heterocycles. The molecule has 17 heavy (non-hydrogen) atoms. The molecule has 0 aromatic rings. The van der Waals surface area contributed by atoms with E-state index in [0.717, 1.165) is 19.4 Å². The van der Waals surface area contributed by atoms with Gasteiger partial charge >= 0.3 is 5.97 Å². The summed E-state index contributed by atoms with van der Waals surface area (Å²) >= 11 is 0. The Bertz CT molecular complexity index is 306. The van der Waals surface area contributed by atoms with Crippen LogP contribution in [0.4, 0.5) is 0 Å². The lowest BCUT2D eigenvalue weighted by atomic mass is 9.73. The first-order valence-electron chi connectivity index (χ1n) is 7.10. The molecule has 3 nitrogen and oxygen atoms in total. The number of hydrogen-bond acceptors (Lipinski definition) is 2. The van der Waals surface area contributed by atoms with Crippen LogP contribution >= 0.6 is 0 Å². The van der Waals surface area contributed by atoms with Crippen molar-refractivity contribution in [3.05, 3.63) is 0 Å². The van der Waals surface area contributed by atoms with Crippen LogP contribution in [-0.4, -0.2) is 35.6 Å². The highest BCUT2D eigenvalue weighted by molar-refractivity contribution is 5.78. The molecule has 0 unspecified atom stereocenters. The van der Waals surface area contributed by atoms with E-state index in [4.69, 9.17) is 0 Å². The van der Waals surface area contributed by atoms with Crippen LogP contribution in [0, 0.1) is 10.8 Å². The first-order chi connectivity index (χ1) is 8.14. The topological polar surface area (TPSA) is 40.5 Å². The molecule has 3 rings (SSSR count). The van der Waals surface area contributed by atoms with Gasteiger partial charge in [-0.05, 0) is 31.1 Å². The molecule has 0 aromatic carbocycles. The molecular formula is C14H23NO2. The second-order valence-corrected chi connectivity index (χ2v) is 6.64. The molecular weight excluding hydrogens is 214 g/mol. The summed E-state index contributed by atoms with van der Waals surface area (Å²) in [5, 5.41) is 9.19. The second-order valence-electron chi connectivity index (χ2n) is 6.64. The highest BCUT2D eigenvalue weighted by Crippen LogP contribution is 2.50. The molecule has 0 bridgehead atoms. The van der Waals surface area contributed by atoms with Gasteiger partial charge in [-0.3, -0.25) is 4.79 Å². The third kappa shape index (κ3) is 2.10. The molecule has 3 aliphatic rings. The molecule has 1 aliphatic heterocycles. The second kappa shape index (κ2) is 3.98. The van der Waals surface area contributed by atoms with Gasteiger partial charge in [0.1, 0.15) is 0 Å². The van der Waals surface area contributed by atoms with Crippen LogP contribution in [0.1, 0.15) is 51.4 Å². The van der Waals surface area contributed by atoms with E-state index in [9.17, 15) is 9.90 Å². The number of aliphatic carboxylic acids is 1. The van der Waals surface area contributed by atoms with Gasteiger partial charge in [0.25, 0.3) is 0 Å². The summed E-state index contributed by atoms with van der Waals surface area (Å²) < 4.78 is 0. The van der Waals surface area contributed by atoms with Crippen LogP contribution < -0.4 is 0 Å². The summed E-state index contributed by atoms with van der Waals surface area (Å²) in [4.78, 5) is 13.6. The highest BCUT2D eigenvalue weighted by atomic mass is 16.4. The molecule has 2 aliphatic carbocycles. The lowest BCUT2D eigenvalue weighted by molar-refractivity contribution is -0.146. The summed E-state index contributed by atoms with van der Waals surface area (Å²) in [6, 6.07) is 0. The fourth-order valence-corrected chi connectivity index (χ4v) is 3.83. The Balaban J connectivity index is 1.52. The van der Waals surface area contributed by atoms with Crippen molar-refractivity contribution in [1.82, 2.24) is 4.90 Å². The Morgan fingerprint density at radius 2 is 1.59 bits per heavy atom. The number of carbonyl (C=O) groups is 1. The number of carboxylic acid groups (broad SMARTS) is 1. The molecule has 2 saturated carbocycles. The summed E-state index contributed by atoms with van der Waals surface area (Å²) in [5.74, 6) is -0.570. The van der Waals surface area contributed by atoms with E-state index in [1.807, 2.05) is 0 Å². The predicted octanol–water partition coefficient (Wildman–Crippen LogP) is 2.51. The molecule has 1 spiro atoms. The first-order valence-corrected chi connectivity index (χ1v) is 7.10. The van der Waals surface area contributed by atoms with Gasteiger partial charge in [0.15, 0.2) is 0 Å². The summed E-state index contributed by atoms with van der Waals surface area (Å²) in [6.07, 6.45) is 10.1. The zero-order chi connectivity index (χ0) is 11.9. The van der Waals surface area contributed by atoms with Crippen molar-refractivity contribution in [1.29, 1.82) is 0 Å². The van der Waals surface area contributed by atoms with Gasteiger partial charge in [0.05, 0.1) is 5.41 Å². The Kier molecular flexibility index (Phi) is 2.69. The van der Waals surface area contributed by atoms with Crippen LogP contribution in [0.3, 0.4) is 0 Å². The molecule has 3 fully saturated rings. The Labute approximate surface area is 103 Å². The minimum Gasteiger partial charge on any atom is -0.481 e. The van der Waals surface area contributed by atoms with Crippen molar-refractivity contribution in [3.63, 3.8) is 0 Å². The van der Waals surface area contributed by atoms with Gasteiger partial charge < -0.3 is 10.0 Å². The number of carboxylic acids is 1. The normalized spacial score (nSPS) is 30.6. The maximum atomic E-state index is 11.2. The van der Waals surface area contributed by atoms with Crippen molar-refractivity contribution in [2.45, 2.75) is 51.4 Å². The number of likely N-dealkylation sites (tertiary alicyclic amines) is 1. The minimum absolute atomic E-state index is 0.355. The highest BCUT2D eigenvalue weighted by Gasteiger charge is 2.54. The molecule has 1 heterocycles. The average molecular weight is 237 g/mol. The lowest BCUT2D eigenvalue weighted by Crippen LogP contribution is -2.57. The number of rotatable bonds is 3. The smallest absolute Gasteiger partial charge is 0.310 e. The van der Waals surface area contributed by atoms with Gasteiger partial charge in [-0.2, -0.15) is 0 Å². The van der Waals surface area contributed by atoms with Gasteiger partial charge in [-0.25, -0.2) is 0 Å². The minimum atomic E-state index is -0.570. The molecule has 96 valence electrons. The van der Waals surface area contributed by atoms with Crippen molar-refractivity contribution in [2.24, 2.45) is 10.8 Å². The fourth-order valence-electron chi connectivity index (χ4n) is 3.83. The lowest BCUT2D eigenvalue weighted by Gasteiger charge is -2.51. The number of nitrogens with zero attached hydrogens (tertiary/aromatic N) is 1. The third-order valence-corrected chi connectivity index (χ3v) is 5.12. The first kappa shape index (κ1) is 11.5. The van der Waals surface area contributed by atoms with E-state index in [2.05, 4.69) is 4.90 Å². The zero-order valence-electron chi connectivity index (χ0n) is 10.6. The van der Waals surface area contributed by atoms with E-state index >= 15 is 0 Å². The zero-order valence-corrected chi connectivity index (χ0v) is 10.6. The average Bonchev–Trinajstić information content (AvgIpc) is 3.01. The molecule has 0 radical (unpaired) electrons. The van der Waals surface area contributed by atoms with E-state index < -0.39 is 5.97 Å².